The molecule has 4 rings (SSSR count). The summed E-state index contributed by atoms with van der Waals surface area (Å²) in [6, 6.07) is 8.11. The van der Waals surface area contributed by atoms with E-state index in [1.165, 1.54) is 6.33 Å². The smallest absolute Gasteiger partial charge is 0.226 e. The maximum Gasteiger partial charge on any atom is 0.226 e. The maximum absolute atomic E-state index is 6.05. The zero-order chi connectivity index (χ0) is 16.7. The Bertz CT molecular complexity index is 1060. The van der Waals surface area contributed by atoms with Gasteiger partial charge in [-0.25, -0.2) is 9.97 Å². The van der Waals surface area contributed by atoms with Crippen molar-refractivity contribution in [3.8, 4) is 5.88 Å². The fourth-order valence-corrected chi connectivity index (χ4v) is 3.17. The van der Waals surface area contributed by atoms with Gasteiger partial charge < -0.3 is 9.30 Å². The van der Waals surface area contributed by atoms with E-state index in [4.69, 9.17) is 16.3 Å². The number of hydrogen-bond acceptors (Lipinski definition) is 4. The zero-order valence-corrected chi connectivity index (χ0v) is 14.1. The van der Waals surface area contributed by atoms with Crippen molar-refractivity contribution >= 4 is 33.5 Å². The molecule has 24 heavy (non-hydrogen) atoms. The second-order valence-electron chi connectivity index (χ2n) is 5.70. The van der Waals surface area contributed by atoms with Gasteiger partial charge >= 0.3 is 0 Å². The molecule has 0 unspecified atom stereocenters. The van der Waals surface area contributed by atoms with Crippen LogP contribution in [0.1, 0.15) is 11.1 Å². The van der Waals surface area contributed by atoms with Crippen LogP contribution in [0.15, 0.2) is 43.0 Å². The molecule has 0 N–H and O–H groups in total. The molecule has 0 fully saturated rings. The van der Waals surface area contributed by atoms with Gasteiger partial charge in [-0.2, -0.15) is 0 Å². The van der Waals surface area contributed by atoms with Crippen LogP contribution in [0.4, 0.5) is 0 Å². The number of pyridine rings is 1. The van der Waals surface area contributed by atoms with Gasteiger partial charge in [-0.15, -0.1) is 0 Å². The quantitative estimate of drug-likeness (QED) is 0.566. The standard InChI is InChI=1S/C18H15ClN4O/c1-11-8-23(17-16(11)18(24-2)22-10-21-17)9-12-3-4-15-13(5-12)6-14(19)7-20-15/h3-8,10H,9H2,1-2H3. The first-order chi connectivity index (χ1) is 11.7. The minimum atomic E-state index is 0.603. The summed E-state index contributed by atoms with van der Waals surface area (Å²) in [6.07, 6.45) is 5.26. The van der Waals surface area contributed by atoms with Gasteiger partial charge in [-0.3, -0.25) is 4.98 Å². The fourth-order valence-electron chi connectivity index (χ4n) is 3.01. The van der Waals surface area contributed by atoms with E-state index in [9.17, 15) is 0 Å². The van der Waals surface area contributed by atoms with Gasteiger partial charge in [0.25, 0.3) is 0 Å². The molecule has 0 radical (unpaired) electrons. The molecule has 0 aliphatic rings. The molecule has 0 bridgehead atoms. The lowest BCUT2D eigenvalue weighted by molar-refractivity contribution is 0.402. The summed E-state index contributed by atoms with van der Waals surface area (Å²) in [6.45, 7) is 2.74. The predicted octanol–water partition coefficient (Wildman–Crippen LogP) is 4.00. The number of ether oxygens (including phenoxy) is 1. The SMILES string of the molecule is COc1ncnc2c1c(C)cn2Cc1ccc2ncc(Cl)cc2c1. The lowest BCUT2D eigenvalue weighted by atomic mass is 10.1. The second-order valence-corrected chi connectivity index (χ2v) is 6.14. The number of methoxy groups -OCH3 is 1. The number of halogens is 1. The van der Waals surface area contributed by atoms with Gasteiger partial charge in [-0.05, 0) is 36.2 Å². The number of hydrogen-bond donors (Lipinski definition) is 0. The molecule has 0 spiro atoms. The number of rotatable bonds is 3. The van der Waals surface area contributed by atoms with E-state index in [0.29, 0.717) is 17.4 Å². The molecule has 3 heterocycles. The Kier molecular flexibility index (Phi) is 3.58. The predicted molar refractivity (Wildman–Crippen MR) is 94.7 cm³/mol. The van der Waals surface area contributed by atoms with Crippen molar-refractivity contribution in [3.05, 3.63) is 59.1 Å². The lowest BCUT2D eigenvalue weighted by Gasteiger charge is -2.07. The normalized spacial score (nSPS) is 11.3. The molecule has 0 amide bonds. The number of fused-ring (bicyclic) bond motifs is 2. The Hall–Kier alpha value is -2.66. The van der Waals surface area contributed by atoms with Crippen molar-refractivity contribution in [2.45, 2.75) is 13.5 Å². The summed E-state index contributed by atoms with van der Waals surface area (Å²) in [5.74, 6) is 0.603. The molecule has 0 aliphatic carbocycles. The van der Waals surface area contributed by atoms with E-state index in [2.05, 4.69) is 37.8 Å². The van der Waals surface area contributed by atoms with Crippen molar-refractivity contribution in [1.82, 2.24) is 19.5 Å². The van der Waals surface area contributed by atoms with Crippen molar-refractivity contribution in [2.24, 2.45) is 0 Å². The van der Waals surface area contributed by atoms with Crippen molar-refractivity contribution in [1.29, 1.82) is 0 Å². The van der Waals surface area contributed by atoms with E-state index >= 15 is 0 Å². The Morgan fingerprint density at radius 2 is 2.04 bits per heavy atom. The molecular formula is C18H15ClN4O. The molecule has 0 saturated heterocycles. The van der Waals surface area contributed by atoms with Crippen LogP contribution in [0.5, 0.6) is 5.88 Å². The van der Waals surface area contributed by atoms with Crippen LogP contribution in [0.2, 0.25) is 5.02 Å². The topological polar surface area (TPSA) is 52.8 Å². The Morgan fingerprint density at radius 1 is 1.17 bits per heavy atom. The van der Waals surface area contributed by atoms with Crippen LogP contribution in [-0.2, 0) is 6.54 Å². The van der Waals surface area contributed by atoms with E-state index in [0.717, 1.165) is 33.1 Å². The van der Waals surface area contributed by atoms with Crippen LogP contribution in [-0.4, -0.2) is 26.6 Å². The molecular weight excluding hydrogens is 324 g/mol. The first-order valence-corrected chi connectivity index (χ1v) is 7.92. The summed E-state index contributed by atoms with van der Waals surface area (Å²) < 4.78 is 7.46. The summed E-state index contributed by atoms with van der Waals surface area (Å²) in [5, 5.41) is 2.62. The number of aromatic nitrogens is 4. The third-order valence-corrected chi connectivity index (χ3v) is 4.27. The monoisotopic (exact) mass is 338 g/mol. The van der Waals surface area contributed by atoms with Crippen molar-refractivity contribution < 1.29 is 4.74 Å². The average Bonchev–Trinajstić information content (AvgIpc) is 2.90. The van der Waals surface area contributed by atoms with Gasteiger partial charge in [0, 0.05) is 24.3 Å². The van der Waals surface area contributed by atoms with Gasteiger partial charge in [0.1, 0.15) is 12.0 Å². The first-order valence-electron chi connectivity index (χ1n) is 7.54. The molecule has 5 nitrogen and oxygen atoms in total. The maximum atomic E-state index is 6.05. The largest absolute Gasteiger partial charge is 0.480 e. The number of benzene rings is 1. The van der Waals surface area contributed by atoms with E-state index in [-0.39, 0.29) is 0 Å². The van der Waals surface area contributed by atoms with Gasteiger partial charge in [0.05, 0.1) is 23.0 Å². The first kappa shape index (κ1) is 14.9. The summed E-state index contributed by atoms with van der Waals surface area (Å²) in [5.41, 5.74) is 4.04. The molecule has 0 aliphatic heterocycles. The third kappa shape index (κ3) is 2.47. The van der Waals surface area contributed by atoms with E-state index < -0.39 is 0 Å². The molecule has 4 aromatic rings. The zero-order valence-electron chi connectivity index (χ0n) is 13.3. The average molecular weight is 339 g/mol. The van der Waals surface area contributed by atoms with Gasteiger partial charge in [0.15, 0.2) is 0 Å². The fraction of sp³-hybridized carbons (Fsp3) is 0.167. The molecule has 0 saturated carbocycles. The van der Waals surface area contributed by atoms with Crippen LogP contribution in [0.3, 0.4) is 0 Å². The number of aryl methyl sites for hydroxylation is 1. The van der Waals surface area contributed by atoms with Crippen LogP contribution in [0, 0.1) is 6.92 Å². The lowest BCUT2D eigenvalue weighted by Crippen LogP contribution is -2.00. The Labute approximate surface area is 143 Å². The third-order valence-electron chi connectivity index (χ3n) is 4.07. The summed E-state index contributed by atoms with van der Waals surface area (Å²) in [7, 11) is 1.62. The molecule has 120 valence electrons. The Morgan fingerprint density at radius 3 is 2.88 bits per heavy atom. The van der Waals surface area contributed by atoms with Crippen molar-refractivity contribution in [2.75, 3.05) is 7.11 Å². The Balaban J connectivity index is 1.79. The van der Waals surface area contributed by atoms with Crippen LogP contribution in [0.25, 0.3) is 21.9 Å². The second kappa shape index (κ2) is 5.76. The molecule has 0 atom stereocenters. The highest BCUT2D eigenvalue weighted by molar-refractivity contribution is 6.31. The minimum Gasteiger partial charge on any atom is -0.480 e. The van der Waals surface area contributed by atoms with Crippen molar-refractivity contribution in [3.63, 3.8) is 0 Å². The molecule has 6 heteroatoms. The highest BCUT2D eigenvalue weighted by Crippen LogP contribution is 2.27. The minimum absolute atomic E-state index is 0.603. The van der Waals surface area contributed by atoms with Crippen LogP contribution < -0.4 is 4.74 Å². The highest BCUT2D eigenvalue weighted by Gasteiger charge is 2.13. The van der Waals surface area contributed by atoms with Gasteiger partial charge in [-0.1, -0.05) is 17.7 Å². The number of nitrogens with zero attached hydrogens (tertiary/aromatic N) is 4. The summed E-state index contributed by atoms with van der Waals surface area (Å²) in [4.78, 5) is 12.9. The van der Waals surface area contributed by atoms with E-state index in [1.54, 1.807) is 13.3 Å². The molecule has 3 aromatic heterocycles. The van der Waals surface area contributed by atoms with Crippen LogP contribution >= 0.6 is 11.6 Å². The molecule has 1 aromatic carbocycles. The highest BCUT2D eigenvalue weighted by atomic mass is 35.5. The summed E-state index contributed by atoms with van der Waals surface area (Å²) >= 11 is 6.05. The van der Waals surface area contributed by atoms with Gasteiger partial charge in [0.2, 0.25) is 5.88 Å². The van der Waals surface area contributed by atoms with E-state index in [1.807, 2.05) is 19.1 Å².